The Labute approximate surface area is 141 Å². The molecular weight excluding hydrogens is 345 g/mol. The second kappa shape index (κ2) is 6.15. The Bertz CT molecular complexity index is 703. The first-order chi connectivity index (χ1) is 11.3. The van der Waals surface area contributed by atoms with E-state index in [1.54, 1.807) is 0 Å². The van der Waals surface area contributed by atoms with Gasteiger partial charge < -0.3 is 9.80 Å². The Balaban J connectivity index is 1.88. The highest BCUT2D eigenvalue weighted by Gasteiger charge is 2.40. The molecule has 3 rings (SSSR count). The quantitative estimate of drug-likeness (QED) is 0.722. The topological polar surface area (TPSA) is 50.6 Å². The molecule has 24 heavy (non-hydrogen) atoms. The third kappa shape index (κ3) is 3.01. The number of anilines is 1. The number of hydrogen-bond acceptors (Lipinski definition) is 4. The van der Waals surface area contributed by atoms with E-state index in [0.29, 0.717) is 26.2 Å². The van der Waals surface area contributed by atoms with Crippen LogP contribution in [0.2, 0.25) is 5.02 Å². The van der Waals surface area contributed by atoms with Crippen molar-refractivity contribution in [2.24, 2.45) is 0 Å². The summed E-state index contributed by atoms with van der Waals surface area (Å²) >= 11 is 5.63. The van der Waals surface area contributed by atoms with Crippen LogP contribution in [0.1, 0.15) is 5.56 Å². The highest BCUT2D eigenvalue weighted by atomic mass is 35.5. The summed E-state index contributed by atoms with van der Waals surface area (Å²) in [5.74, 6) is -0.295. The van der Waals surface area contributed by atoms with Gasteiger partial charge in [-0.3, -0.25) is 9.69 Å². The maximum atomic E-state index is 13.0. The van der Waals surface area contributed by atoms with Crippen LogP contribution >= 0.6 is 11.6 Å². The van der Waals surface area contributed by atoms with E-state index in [1.807, 2.05) is 11.1 Å². The molecule has 2 fully saturated rings. The van der Waals surface area contributed by atoms with Crippen molar-refractivity contribution < 1.29 is 18.0 Å². The van der Waals surface area contributed by atoms with Crippen LogP contribution in [-0.4, -0.2) is 54.5 Å². The number of benzene rings is 1. The lowest BCUT2D eigenvalue weighted by Crippen LogP contribution is -2.64. The van der Waals surface area contributed by atoms with Crippen molar-refractivity contribution in [1.82, 2.24) is 9.80 Å². The van der Waals surface area contributed by atoms with Crippen molar-refractivity contribution in [3.05, 3.63) is 28.8 Å². The van der Waals surface area contributed by atoms with Crippen molar-refractivity contribution in [3.63, 3.8) is 0 Å². The van der Waals surface area contributed by atoms with Crippen molar-refractivity contribution in [2.45, 2.75) is 12.2 Å². The average molecular weight is 359 g/mol. The van der Waals surface area contributed by atoms with Crippen LogP contribution in [0, 0.1) is 11.5 Å². The van der Waals surface area contributed by atoms with Crippen LogP contribution in [0.25, 0.3) is 0 Å². The number of carbonyl (C=O) groups is 1. The summed E-state index contributed by atoms with van der Waals surface area (Å²) in [6, 6.07) is 2.95. The van der Waals surface area contributed by atoms with E-state index in [1.165, 1.54) is 15.9 Å². The molecule has 0 bridgehead atoms. The Morgan fingerprint density at radius 2 is 1.92 bits per heavy atom. The van der Waals surface area contributed by atoms with Gasteiger partial charge >= 0.3 is 6.18 Å². The van der Waals surface area contributed by atoms with E-state index in [2.05, 4.69) is 0 Å². The smallest absolute Gasteiger partial charge is 0.310 e. The second-order valence-corrected chi connectivity index (χ2v) is 6.16. The molecule has 2 aliphatic rings. The number of halogens is 4. The number of alkyl halides is 3. The van der Waals surface area contributed by atoms with E-state index >= 15 is 0 Å². The number of carbonyl (C=O) groups excluding carboxylic acids is 1. The fourth-order valence-corrected chi connectivity index (χ4v) is 3.31. The van der Waals surface area contributed by atoms with Gasteiger partial charge in [-0.05, 0) is 18.2 Å². The van der Waals surface area contributed by atoms with E-state index in [9.17, 15) is 18.0 Å². The number of nitriles is 1. The van der Waals surface area contributed by atoms with Crippen molar-refractivity contribution in [1.29, 1.82) is 5.26 Å². The number of piperazine rings is 2. The number of rotatable bonds is 1. The Hall–Kier alpha value is -1.98. The van der Waals surface area contributed by atoms with Crippen LogP contribution in [0.15, 0.2) is 18.2 Å². The number of hydrogen-bond donors (Lipinski definition) is 0. The van der Waals surface area contributed by atoms with Gasteiger partial charge in [0.2, 0.25) is 5.91 Å². The molecule has 0 unspecified atom stereocenters. The molecule has 0 saturated carbocycles. The van der Waals surface area contributed by atoms with Gasteiger partial charge in [-0.1, -0.05) is 11.6 Å². The maximum Gasteiger partial charge on any atom is 0.417 e. The lowest BCUT2D eigenvalue weighted by molar-refractivity contribution is -0.137. The first-order valence-electron chi connectivity index (χ1n) is 7.38. The van der Waals surface area contributed by atoms with Crippen molar-refractivity contribution >= 4 is 23.2 Å². The molecule has 128 valence electrons. The zero-order valence-electron chi connectivity index (χ0n) is 12.6. The fraction of sp³-hybridized carbons (Fsp3) is 0.467. The molecule has 2 saturated heterocycles. The molecule has 0 N–H and O–H groups in total. The van der Waals surface area contributed by atoms with Crippen LogP contribution in [0.5, 0.6) is 0 Å². The largest absolute Gasteiger partial charge is 0.417 e. The molecule has 1 aromatic carbocycles. The first kappa shape index (κ1) is 16.9. The predicted molar refractivity (Wildman–Crippen MR) is 81.4 cm³/mol. The Morgan fingerprint density at radius 1 is 1.21 bits per heavy atom. The van der Waals surface area contributed by atoms with E-state index in [4.69, 9.17) is 16.9 Å². The van der Waals surface area contributed by atoms with Crippen molar-refractivity contribution in [3.8, 4) is 6.19 Å². The van der Waals surface area contributed by atoms with E-state index in [0.717, 1.165) is 12.1 Å². The summed E-state index contributed by atoms with van der Waals surface area (Å²) < 4.78 is 39.1. The molecular formula is C15H14ClF3N4O. The normalized spacial score (nSPS) is 22.3. The maximum absolute atomic E-state index is 13.0. The van der Waals surface area contributed by atoms with Gasteiger partial charge in [0.1, 0.15) is 6.04 Å². The minimum atomic E-state index is -4.58. The van der Waals surface area contributed by atoms with Gasteiger partial charge in [0, 0.05) is 31.9 Å². The standard InChI is InChI=1S/C15H14ClF3N4O/c16-12-2-1-10(7-11(12)15(17,18)19)23-6-5-22-4-3-21(9-20)8-13(22)14(23)24/h1-2,7,13H,3-6,8H2/t13-/m1/s1. The van der Waals surface area contributed by atoms with Crippen LogP contribution in [-0.2, 0) is 11.0 Å². The molecule has 0 spiro atoms. The van der Waals surface area contributed by atoms with E-state index < -0.39 is 22.8 Å². The van der Waals surface area contributed by atoms with Gasteiger partial charge in [0.05, 0.1) is 17.1 Å². The minimum absolute atomic E-state index is 0.172. The average Bonchev–Trinajstić information content (AvgIpc) is 2.55. The van der Waals surface area contributed by atoms with Crippen LogP contribution in [0.4, 0.5) is 18.9 Å². The third-order valence-corrected chi connectivity index (χ3v) is 4.69. The van der Waals surface area contributed by atoms with Crippen LogP contribution in [0.3, 0.4) is 0 Å². The van der Waals surface area contributed by atoms with Gasteiger partial charge in [-0.25, -0.2) is 0 Å². The Morgan fingerprint density at radius 3 is 2.58 bits per heavy atom. The molecule has 2 aliphatic heterocycles. The summed E-state index contributed by atoms with van der Waals surface area (Å²) in [5.41, 5.74) is -0.787. The minimum Gasteiger partial charge on any atom is -0.310 e. The predicted octanol–water partition coefficient (Wildman–Crippen LogP) is 2.17. The SMILES string of the molecule is N#CN1CCN2CCN(c3ccc(Cl)c(C(F)(F)F)c3)C(=O)[C@H]2C1. The van der Waals surface area contributed by atoms with Gasteiger partial charge in [0.25, 0.3) is 0 Å². The monoisotopic (exact) mass is 358 g/mol. The number of fused-ring (bicyclic) bond motifs is 1. The number of amides is 1. The summed E-state index contributed by atoms with van der Waals surface area (Å²) in [6.45, 7) is 2.26. The summed E-state index contributed by atoms with van der Waals surface area (Å²) in [5, 5.41) is 8.60. The highest BCUT2D eigenvalue weighted by Crippen LogP contribution is 2.37. The summed E-state index contributed by atoms with van der Waals surface area (Å²) in [4.78, 5) is 17.5. The molecule has 9 heteroatoms. The Kier molecular flexibility index (Phi) is 4.32. The fourth-order valence-electron chi connectivity index (χ4n) is 3.09. The van der Waals surface area contributed by atoms with Gasteiger partial charge in [-0.15, -0.1) is 0 Å². The molecule has 0 radical (unpaired) electrons. The van der Waals surface area contributed by atoms with Gasteiger partial charge in [-0.2, -0.15) is 18.4 Å². The second-order valence-electron chi connectivity index (χ2n) is 5.75. The molecule has 1 amide bonds. The molecule has 0 aromatic heterocycles. The lowest BCUT2D eigenvalue weighted by atomic mass is 10.1. The molecule has 0 aliphatic carbocycles. The summed E-state index contributed by atoms with van der Waals surface area (Å²) in [7, 11) is 0. The zero-order chi connectivity index (χ0) is 17.5. The molecule has 5 nitrogen and oxygen atoms in total. The molecule has 1 aromatic rings. The van der Waals surface area contributed by atoms with E-state index in [-0.39, 0.29) is 18.1 Å². The number of nitrogens with zero attached hydrogens (tertiary/aromatic N) is 4. The highest BCUT2D eigenvalue weighted by molar-refractivity contribution is 6.31. The van der Waals surface area contributed by atoms with Crippen LogP contribution < -0.4 is 4.90 Å². The molecule has 1 atom stereocenters. The van der Waals surface area contributed by atoms with Gasteiger partial charge in [0.15, 0.2) is 6.19 Å². The molecule has 2 heterocycles. The third-order valence-electron chi connectivity index (χ3n) is 4.36. The van der Waals surface area contributed by atoms with Crippen molar-refractivity contribution in [2.75, 3.05) is 37.6 Å². The zero-order valence-corrected chi connectivity index (χ0v) is 13.3. The first-order valence-corrected chi connectivity index (χ1v) is 7.76. The lowest BCUT2D eigenvalue weighted by Gasteiger charge is -2.45. The summed E-state index contributed by atoms with van der Waals surface area (Å²) in [6.07, 6.45) is -2.56.